The van der Waals surface area contributed by atoms with Crippen LogP contribution in [0, 0.1) is 5.82 Å². The summed E-state index contributed by atoms with van der Waals surface area (Å²) < 4.78 is 13.8. The Balaban J connectivity index is 1.82. The molecule has 1 aliphatic heterocycles. The summed E-state index contributed by atoms with van der Waals surface area (Å²) in [7, 11) is 1.48. The van der Waals surface area contributed by atoms with Crippen LogP contribution in [0.4, 0.5) is 4.39 Å². The number of hydrogen-bond donors (Lipinski definition) is 0. The van der Waals surface area contributed by atoms with Gasteiger partial charge in [0.25, 0.3) is 11.8 Å². The lowest BCUT2D eigenvalue weighted by atomic mass is 10.1. The molecule has 0 saturated heterocycles. The van der Waals surface area contributed by atoms with Crippen LogP contribution in [0.15, 0.2) is 36.4 Å². The number of benzene rings is 2. The van der Waals surface area contributed by atoms with Crippen molar-refractivity contribution >= 4 is 40.9 Å². The maximum absolute atomic E-state index is 13.8. The standard InChI is InChI=1S/C19H15Cl2FN2O3/c1-10(17(25)23(2)9-11-5-3-4-6-16(11)22)24-18(26)12-7-14(20)15(21)8-13(12)19(24)27/h3-8,10H,9H2,1-2H3. The van der Waals surface area contributed by atoms with E-state index in [0.29, 0.717) is 5.56 Å². The van der Waals surface area contributed by atoms with Gasteiger partial charge in [-0.1, -0.05) is 41.4 Å². The van der Waals surface area contributed by atoms with Gasteiger partial charge in [0.1, 0.15) is 11.9 Å². The van der Waals surface area contributed by atoms with Crippen LogP contribution in [0.25, 0.3) is 0 Å². The molecule has 0 aliphatic carbocycles. The lowest BCUT2D eigenvalue weighted by Gasteiger charge is -2.26. The highest BCUT2D eigenvalue weighted by molar-refractivity contribution is 6.43. The smallest absolute Gasteiger partial charge is 0.262 e. The van der Waals surface area contributed by atoms with E-state index < -0.39 is 29.6 Å². The summed E-state index contributed by atoms with van der Waals surface area (Å²) in [6.45, 7) is 1.46. The molecule has 1 heterocycles. The van der Waals surface area contributed by atoms with Gasteiger partial charge in [0.15, 0.2) is 0 Å². The second-order valence-electron chi connectivity index (χ2n) is 6.25. The van der Waals surface area contributed by atoms with Gasteiger partial charge in [0, 0.05) is 19.2 Å². The minimum Gasteiger partial charge on any atom is -0.340 e. The molecular weight excluding hydrogens is 394 g/mol. The maximum atomic E-state index is 13.8. The summed E-state index contributed by atoms with van der Waals surface area (Å²) in [5, 5.41) is 0.295. The van der Waals surface area contributed by atoms with Crippen molar-refractivity contribution in [3.8, 4) is 0 Å². The van der Waals surface area contributed by atoms with E-state index in [9.17, 15) is 18.8 Å². The fraction of sp³-hybridized carbons (Fsp3) is 0.211. The van der Waals surface area contributed by atoms with Gasteiger partial charge >= 0.3 is 0 Å². The average Bonchev–Trinajstić information content (AvgIpc) is 2.86. The van der Waals surface area contributed by atoms with Crippen molar-refractivity contribution in [3.05, 3.63) is 69.0 Å². The Morgan fingerprint density at radius 3 is 2.15 bits per heavy atom. The molecule has 0 radical (unpaired) electrons. The zero-order valence-corrected chi connectivity index (χ0v) is 16.0. The molecule has 3 amide bonds. The summed E-state index contributed by atoms with van der Waals surface area (Å²) >= 11 is 11.9. The number of imide groups is 1. The van der Waals surface area contributed by atoms with E-state index in [1.807, 2.05) is 0 Å². The lowest BCUT2D eigenvalue weighted by Crippen LogP contribution is -2.48. The van der Waals surface area contributed by atoms with Gasteiger partial charge < -0.3 is 4.90 Å². The first-order valence-corrected chi connectivity index (χ1v) is 8.83. The van der Waals surface area contributed by atoms with Crippen molar-refractivity contribution in [2.45, 2.75) is 19.5 Å². The monoisotopic (exact) mass is 408 g/mol. The van der Waals surface area contributed by atoms with Gasteiger partial charge in [-0.05, 0) is 25.1 Å². The topological polar surface area (TPSA) is 57.7 Å². The molecule has 1 aliphatic rings. The van der Waals surface area contributed by atoms with E-state index in [1.54, 1.807) is 18.2 Å². The minimum absolute atomic E-state index is 0.0106. The van der Waals surface area contributed by atoms with Crippen molar-refractivity contribution in [1.82, 2.24) is 9.80 Å². The fourth-order valence-electron chi connectivity index (χ4n) is 2.99. The van der Waals surface area contributed by atoms with Gasteiger partial charge in [-0.25, -0.2) is 4.39 Å². The van der Waals surface area contributed by atoms with Gasteiger partial charge in [0.2, 0.25) is 5.91 Å². The molecule has 1 atom stereocenters. The van der Waals surface area contributed by atoms with Crippen LogP contribution in [-0.2, 0) is 11.3 Å². The molecule has 8 heteroatoms. The van der Waals surface area contributed by atoms with Gasteiger partial charge in [-0.15, -0.1) is 0 Å². The number of carbonyl (C=O) groups is 3. The van der Waals surface area contributed by atoms with E-state index in [2.05, 4.69) is 0 Å². The van der Waals surface area contributed by atoms with E-state index in [-0.39, 0.29) is 27.7 Å². The van der Waals surface area contributed by atoms with Crippen molar-refractivity contribution in [3.63, 3.8) is 0 Å². The predicted octanol–water partition coefficient (Wildman–Crippen LogP) is 3.78. The van der Waals surface area contributed by atoms with Crippen LogP contribution in [0.5, 0.6) is 0 Å². The van der Waals surface area contributed by atoms with Crippen LogP contribution < -0.4 is 0 Å². The van der Waals surface area contributed by atoms with Crippen molar-refractivity contribution in [2.75, 3.05) is 7.05 Å². The molecule has 5 nitrogen and oxygen atoms in total. The number of likely N-dealkylation sites (N-methyl/N-ethyl adjacent to an activating group) is 1. The van der Waals surface area contributed by atoms with E-state index >= 15 is 0 Å². The number of fused-ring (bicyclic) bond motifs is 1. The van der Waals surface area contributed by atoms with E-state index in [0.717, 1.165) is 4.90 Å². The summed E-state index contributed by atoms with van der Waals surface area (Å²) in [6.07, 6.45) is 0. The molecule has 2 aromatic rings. The minimum atomic E-state index is -1.06. The maximum Gasteiger partial charge on any atom is 0.262 e. The highest BCUT2D eigenvalue weighted by Gasteiger charge is 2.42. The molecule has 27 heavy (non-hydrogen) atoms. The fourth-order valence-corrected chi connectivity index (χ4v) is 3.32. The number of amides is 3. The van der Waals surface area contributed by atoms with Crippen LogP contribution in [0.3, 0.4) is 0 Å². The number of hydrogen-bond acceptors (Lipinski definition) is 3. The van der Waals surface area contributed by atoms with Gasteiger partial charge in [-0.2, -0.15) is 0 Å². The quantitative estimate of drug-likeness (QED) is 0.723. The van der Waals surface area contributed by atoms with Crippen molar-refractivity contribution in [2.24, 2.45) is 0 Å². The summed E-state index contributed by atoms with van der Waals surface area (Å²) in [5.41, 5.74) is 0.540. The summed E-state index contributed by atoms with van der Waals surface area (Å²) in [6, 6.07) is 7.66. The molecule has 0 saturated carbocycles. The predicted molar refractivity (Wildman–Crippen MR) is 99.3 cm³/mol. The molecule has 0 bridgehead atoms. The first kappa shape index (κ1) is 19.3. The molecule has 0 fully saturated rings. The first-order valence-electron chi connectivity index (χ1n) is 8.07. The number of nitrogens with zero attached hydrogens (tertiary/aromatic N) is 2. The van der Waals surface area contributed by atoms with Crippen LogP contribution >= 0.6 is 23.2 Å². The molecule has 3 rings (SSSR count). The normalized spacial score (nSPS) is 14.3. The second-order valence-corrected chi connectivity index (χ2v) is 7.07. The number of halogens is 3. The molecule has 0 N–H and O–H groups in total. The molecule has 0 spiro atoms. The zero-order chi connectivity index (χ0) is 19.9. The largest absolute Gasteiger partial charge is 0.340 e. The molecule has 140 valence electrons. The highest BCUT2D eigenvalue weighted by atomic mass is 35.5. The van der Waals surface area contributed by atoms with Crippen molar-refractivity contribution < 1.29 is 18.8 Å². The van der Waals surface area contributed by atoms with Crippen LogP contribution in [0.2, 0.25) is 10.0 Å². The highest BCUT2D eigenvalue weighted by Crippen LogP contribution is 2.32. The van der Waals surface area contributed by atoms with Crippen LogP contribution in [-0.4, -0.2) is 40.6 Å². The first-order chi connectivity index (χ1) is 12.7. The molecule has 1 unspecified atom stereocenters. The molecule has 2 aromatic carbocycles. The Hall–Kier alpha value is -2.44. The Labute approximate surface area is 165 Å². The van der Waals surface area contributed by atoms with E-state index in [1.165, 1.54) is 37.1 Å². The Kier molecular flexibility index (Phi) is 5.22. The lowest BCUT2D eigenvalue weighted by molar-refractivity contribution is -0.134. The average molecular weight is 409 g/mol. The van der Waals surface area contributed by atoms with E-state index in [4.69, 9.17) is 23.2 Å². The molecular formula is C19H15Cl2FN2O3. The Morgan fingerprint density at radius 2 is 1.63 bits per heavy atom. The number of rotatable bonds is 4. The third-order valence-electron chi connectivity index (χ3n) is 4.45. The van der Waals surface area contributed by atoms with Crippen LogP contribution in [0.1, 0.15) is 33.2 Å². The third-order valence-corrected chi connectivity index (χ3v) is 5.17. The molecule has 0 aromatic heterocycles. The summed E-state index contributed by atoms with van der Waals surface area (Å²) in [5.74, 6) is -2.16. The third kappa shape index (κ3) is 3.42. The number of carbonyl (C=O) groups excluding carboxylic acids is 3. The summed E-state index contributed by atoms with van der Waals surface area (Å²) in [4.78, 5) is 40.1. The zero-order valence-electron chi connectivity index (χ0n) is 14.5. The SMILES string of the molecule is CC(C(=O)N(C)Cc1ccccc1F)N1C(=O)c2cc(Cl)c(Cl)cc2C1=O. The Bertz CT molecular complexity index is 923. The Morgan fingerprint density at radius 1 is 1.11 bits per heavy atom. The van der Waals surface area contributed by atoms with Gasteiger partial charge in [0.05, 0.1) is 21.2 Å². The van der Waals surface area contributed by atoms with Gasteiger partial charge in [-0.3, -0.25) is 19.3 Å². The second kappa shape index (κ2) is 7.29. The van der Waals surface area contributed by atoms with Crippen molar-refractivity contribution in [1.29, 1.82) is 0 Å².